The quantitative estimate of drug-likeness (QED) is 0.0923. The van der Waals surface area contributed by atoms with Gasteiger partial charge in [-0.1, -0.05) is 60.7 Å². The topological polar surface area (TPSA) is 167 Å². The lowest BCUT2D eigenvalue weighted by molar-refractivity contribution is 0.261. The van der Waals surface area contributed by atoms with E-state index in [2.05, 4.69) is 31.9 Å². The number of benzene rings is 5. The zero-order valence-electron chi connectivity index (χ0n) is 24.1. The molecule has 5 rings (SSSR count). The Morgan fingerprint density at radius 3 is 1.39 bits per heavy atom. The molecular formula is C33H28N6O6S. The van der Waals surface area contributed by atoms with E-state index in [9.17, 15) is 22.8 Å². The number of para-hydroxylation sites is 3. The third kappa shape index (κ3) is 8.84. The van der Waals surface area contributed by atoms with E-state index in [1.165, 1.54) is 42.5 Å². The second-order valence-corrected chi connectivity index (χ2v) is 11.2. The van der Waals surface area contributed by atoms with E-state index in [0.717, 1.165) is 0 Å². The number of amides is 6. The summed E-state index contributed by atoms with van der Waals surface area (Å²) in [6.45, 7) is 0. The Morgan fingerprint density at radius 2 is 0.870 bits per heavy atom. The summed E-state index contributed by atoms with van der Waals surface area (Å²) in [5.41, 5.74) is 2.04. The molecule has 0 unspecified atom stereocenters. The predicted molar refractivity (Wildman–Crippen MR) is 178 cm³/mol. The number of rotatable bonds is 9. The highest BCUT2D eigenvalue weighted by molar-refractivity contribution is 7.87. The van der Waals surface area contributed by atoms with Crippen molar-refractivity contribution in [3.63, 3.8) is 0 Å². The second-order valence-electron chi connectivity index (χ2n) is 9.61. The molecule has 6 amide bonds. The van der Waals surface area contributed by atoms with Crippen molar-refractivity contribution < 1.29 is 27.0 Å². The normalized spacial score (nSPS) is 10.6. The predicted octanol–water partition coefficient (Wildman–Crippen LogP) is 7.39. The molecule has 0 spiro atoms. The smallest absolute Gasteiger partial charge is 0.339 e. The van der Waals surface area contributed by atoms with Gasteiger partial charge < -0.3 is 36.1 Å². The second kappa shape index (κ2) is 14.4. The van der Waals surface area contributed by atoms with Crippen LogP contribution in [0, 0.1) is 0 Å². The monoisotopic (exact) mass is 636 g/mol. The summed E-state index contributed by atoms with van der Waals surface area (Å²) in [6, 6.07) is 33.8. The minimum absolute atomic E-state index is 0.0531. The van der Waals surface area contributed by atoms with Crippen LogP contribution in [0.1, 0.15) is 0 Å². The average Bonchev–Trinajstić information content (AvgIpc) is 3.03. The third-order valence-electron chi connectivity index (χ3n) is 6.17. The minimum atomic E-state index is -4.40. The highest BCUT2D eigenvalue weighted by atomic mass is 32.2. The Morgan fingerprint density at radius 1 is 0.435 bits per heavy atom. The van der Waals surface area contributed by atoms with Crippen LogP contribution in [-0.4, -0.2) is 26.5 Å². The van der Waals surface area contributed by atoms with Gasteiger partial charge in [-0.25, -0.2) is 14.4 Å². The van der Waals surface area contributed by atoms with Crippen molar-refractivity contribution in [3.05, 3.63) is 133 Å². The average molecular weight is 637 g/mol. The molecular weight excluding hydrogens is 608 g/mol. The maximum absolute atomic E-state index is 13.2. The molecule has 0 saturated carbocycles. The minimum Gasteiger partial charge on any atom is -0.379 e. The fourth-order valence-corrected chi connectivity index (χ4v) is 5.09. The van der Waals surface area contributed by atoms with E-state index in [1.54, 1.807) is 84.9 Å². The molecule has 0 fully saturated rings. The van der Waals surface area contributed by atoms with Crippen molar-refractivity contribution in [2.24, 2.45) is 0 Å². The summed E-state index contributed by atoms with van der Waals surface area (Å²) < 4.78 is 31.9. The van der Waals surface area contributed by atoms with Crippen LogP contribution in [0.25, 0.3) is 0 Å². The Hall–Kier alpha value is -6.34. The SMILES string of the molecule is O=C(Nc1ccccc1)Nc1cccc(S(=O)(=O)Oc2ccc(NC(=O)Nc3ccccc3)c(NC(=O)Nc3ccccc3)c2)c1. The van der Waals surface area contributed by atoms with E-state index >= 15 is 0 Å². The van der Waals surface area contributed by atoms with Crippen LogP contribution in [-0.2, 0) is 10.1 Å². The molecule has 232 valence electrons. The van der Waals surface area contributed by atoms with E-state index in [1.807, 2.05) is 6.07 Å². The Kier molecular flexibility index (Phi) is 9.75. The van der Waals surface area contributed by atoms with Crippen molar-refractivity contribution in [1.29, 1.82) is 0 Å². The molecule has 0 aliphatic heterocycles. The van der Waals surface area contributed by atoms with Gasteiger partial charge in [0.25, 0.3) is 0 Å². The molecule has 0 aliphatic carbocycles. The van der Waals surface area contributed by atoms with Crippen molar-refractivity contribution >= 4 is 62.3 Å². The summed E-state index contributed by atoms with van der Waals surface area (Å²) in [5.74, 6) is -0.149. The number of nitrogens with one attached hydrogen (secondary N) is 6. The van der Waals surface area contributed by atoms with Crippen LogP contribution < -0.4 is 36.1 Å². The van der Waals surface area contributed by atoms with Crippen molar-refractivity contribution in [1.82, 2.24) is 0 Å². The first-order valence-electron chi connectivity index (χ1n) is 13.8. The molecule has 46 heavy (non-hydrogen) atoms. The standard InChI is InChI=1S/C33H28N6O6S/c40-31(34-23-11-4-1-5-12-23)37-26-17-10-18-28(21-26)46(43,44)45-27-19-20-29(38-32(41)35-24-13-6-2-7-14-24)30(22-27)39-33(42)36-25-15-8-3-9-16-25/h1-22H,(H2,34,37,40)(H2,35,38,41)(H2,36,39,42). The van der Waals surface area contributed by atoms with Gasteiger partial charge in [0.2, 0.25) is 0 Å². The van der Waals surface area contributed by atoms with Gasteiger partial charge in [-0.3, -0.25) is 0 Å². The summed E-state index contributed by atoms with van der Waals surface area (Å²) >= 11 is 0. The van der Waals surface area contributed by atoms with Crippen molar-refractivity contribution in [3.8, 4) is 5.75 Å². The largest absolute Gasteiger partial charge is 0.379 e. The molecule has 5 aromatic carbocycles. The fraction of sp³-hybridized carbons (Fsp3) is 0. The number of urea groups is 3. The van der Waals surface area contributed by atoms with E-state index in [-0.39, 0.29) is 27.7 Å². The molecule has 5 aromatic rings. The van der Waals surface area contributed by atoms with Crippen molar-refractivity contribution in [2.75, 3.05) is 31.9 Å². The number of hydrogen-bond donors (Lipinski definition) is 6. The summed E-state index contributed by atoms with van der Waals surface area (Å²) in [7, 11) is -4.40. The van der Waals surface area contributed by atoms with Crippen LogP contribution in [0.5, 0.6) is 5.75 Å². The van der Waals surface area contributed by atoms with Crippen LogP contribution in [0.2, 0.25) is 0 Å². The lowest BCUT2D eigenvalue weighted by Crippen LogP contribution is -2.23. The molecule has 0 bridgehead atoms. The first-order chi connectivity index (χ1) is 22.2. The van der Waals surface area contributed by atoms with Crippen LogP contribution in [0.4, 0.5) is 48.5 Å². The van der Waals surface area contributed by atoms with Crippen LogP contribution in [0.15, 0.2) is 138 Å². The Labute approximate surface area is 264 Å². The summed E-state index contributed by atoms with van der Waals surface area (Å²) in [4.78, 5) is 37.7. The molecule has 12 nitrogen and oxygen atoms in total. The number of anilines is 6. The molecule has 0 heterocycles. The van der Waals surface area contributed by atoms with Gasteiger partial charge in [0.05, 0.1) is 11.4 Å². The highest BCUT2D eigenvalue weighted by Crippen LogP contribution is 2.30. The first-order valence-corrected chi connectivity index (χ1v) is 15.2. The Bertz CT molecular complexity index is 1940. The van der Waals surface area contributed by atoms with E-state index in [0.29, 0.717) is 17.1 Å². The lowest BCUT2D eigenvalue weighted by atomic mass is 10.2. The molecule has 0 saturated heterocycles. The summed E-state index contributed by atoms with van der Waals surface area (Å²) in [5, 5.41) is 15.9. The van der Waals surface area contributed by atoms with Gasteiger partial charge in [0.1, 0.15) is 10.6 Å². The van der Waals surface area contributed by atoms with E-state index < -0.39 is 28.2 Å². The zero-order valence-corrected chi connectivity index (χ0v) is 24.9. The maximum Gasteiger partial charge on any atom is 0.339 e. The van der Waals surface area contributed by atoms with Gasteiger partial charge in [-0.15, -0.1) is 0 Å². The number of hydrogen-bond acceptors (Lipinski definition) is 6. The molecule has 0 atom stereocenters. The number of carbonyl (C=O) groups excluding carboxylic acids is 3. The molecule has 0 aromatic heterocycles. The van der Waals surface area contributed by atoms with Gasteiger partial charge in [-0.05, 0) is 66.7 Å². The molecule has 6 N–H and O–H groups in total. The zero-order chi connectivity index (χ0) is 32.4. The fourth-order valence-electron chi connectivity index (χ4n) is 4.12. The van der Waals surface area contributed by atoms with Gasteiger partial charge in [0, 0.05) is 28.8 Å². The summed E-state index contributed by atoms with van der Waals surface area (Å²) in [6.07, 6.45) is 0. The Balaban J connectivity index is 1.33. The van der Waals surface area contributed by atoms with Gasteiger partial charge in [0.15, 0.2) is 0 Å². The maximum atomic E-state index is 13.2. The third-order valence-corrected chi connectivity index (χ3v) is 7.41. The van der Waals surface area contributed by atoms with Gasteiger partial charge in [-0.2, -0.15) is 8.42 Å². The number of carbonyl (C=O) groups is 3. The first kappa shape index (κ1) is 31.1. The lowest BCUT2D eigenvalue weighted by Gasteiger charge is -2.16. The van der Waals surface area contributed by atoms with Crippen LogP contribution >= 0.6 is 0 Å². The highest BCUT2D eigenvalue weighted by Gasteiger charge is 2.20. The van der Waals surface area contributed by atoms with Crippen molar-refractivity contribution in [2.45, 2.75) is 4.90 Å². The van der Waals surface area contributed by atoms with Crippen LogP contribution in [0.3, 0.4) is 0 Å². The van der Waals surface area contributed by atoms with Gasteiger partial charge >= 0.3 is 28.2 Å². The van der Waals surface area contributed by atoms with E-state index in [4.69, 9.17) is 4.18 Å². The molecule has 13 heteroatoms. The molecule has 0 aliphatic rings. The molecule has 0 radical (unpaired) electrons.